The number of hydrogen-bond donors (Lipinski definition) is 2. The van der Waals surface area contributed by atoms with Crippen molar-refractivity contribution in [3.8, 4) is 0 Å². The monoisotopic (exact) mass is 304 g/mol. The summed E-state index contributed by atoms with van der Waals surface area (Å²) in [7, 11) is 1.14. The first kappa shape index (κ1) is 16.5. The molecule has 0 aliphatic heterocycles. The Kier molecular flexibility index (Phi) is 5.28. The number of hydrogen-bond acceptors (Lipinski definition) is 4. The van der Waals surface area contributed by atoms with E-state index in [4.69, 9.17) is 0 Å². The highest BCUT2D eigenvalue weighted by Crippen LogP contribution is 2.16. The normalized spacial score (nSPS) is 10.7. The van der Waals surface area contributed by atoms with E-state index in [-0.39, 0.29) is 11.3 Å². The molecule has 6 nitrogen and oxygen atoms in total. The van der Waals surface area contributed by atoms with Gasteiger partial charge in [0.2, 0.25) is 5.91 Å². The van der Waals surface area contributed by atoms with Gasteiger partial charge in [0.15, 0.2) is 0 Å². The molecule has 0 heterocycles. The smallest absolute Gasteiger partial charge is 0.465 e. The summed E-state index contributed by atoms with van der Waals surface area (Å²) in [5.41, 5.74) is 0.103. The number of rotatable bonds is 4. The molecule has 9 heteroatoms. The maximum atomic E-state index is 11.9. The number of nitrogens with one attached hydrogen (secondary N) is 2. The molecule has 0 spiro atoms. The first-order chi connectivity index (χ1) is 9.75. The number of alkyl halides is 3. The van der Waals surface area contributed by atoms with Crippen LogP contribution in [0.1, 0.15) is 10.4 Å². The van der Waals surface area contributed by atoms with Crippen LogP contribution in [0.5, 0.6) is 0 Å². The van der Waals surface area contributed by atoms with Crippen molar-refractivity contribution in [2.75, 3.05) is 19.0 Å². The molecule has 0 aliphatic carbocycles. The predicted octanol–water partition coefficient (Wildman–Crippen LogP) is 1.09. The topological polar surface area (TPSA) is 84.5 Å². The molecule has 114 valence electrons. The van der Waals surface area contributed by atoms with E-state index in [2.05, 4.69) is 10.1 Å². The third kappa shape index (κ3) is 4.79. The van der Waals surface area contributed by atoms with Gasteiger partial charge in [0, 0.05) is 0 Å². The highest BCUT2D eigenvalue weighted by Gasteiger charge is 2.38. The summed E-state index contributed by atoms with van der Waals surface area (Å²) in [6, 6.07) is 5.77. The average molecular weight is 304 g/mol. The van der Waals surface area contributed by atoms with Gasteiger partial charge in [-0.15, -0.1) is 0 Å². The summed E-state index contributed by atoms with van der Waals surface area (Å²) < 4.78 is 40.3. The summed E-state index contributed by atoms with van der Waals surface area (Å²) in [5.74, 6) is -3.85. The SMILES string of the molecule is COC(=O)c1ccccc1NC(=O)CNC(=O)C(F)(F)F. The van der Waals surface area contributed by atoms with Crippen molar-refractivity contribution in [3.63, 3.8) is 0 Å². The molecule has 0 aromatic heterocycles. The second-order valence-electron chi connectivity index (χ2n) is 3.77. The highest BCUT2D eigenvalue weighted by molar-refractivity contribution is 6.02. The largest absolute Gasteiger partial charge is 0.471 e. The summed E-state index contributed by atoms with van der Waals surface area (Å²) in [5, 5.41) is 3.62. The number of benzene rings is 1. The maximum Gasteiger partial charge on any atom is 0.471 e. The fourth-order valence-corrected chi connectivity index (χ4v) is 1.34. The number of methoxy groups -OCH3 is 1. The molecule has 1 aromatic carbocycles. The average Bonchev–Trinajstić information content (AvgIpc) is 2.43. The molecular formula is C12H11F3N2O4. The van der Waals surface area contributed by atoms with E-state index in [9.17, 15) is 27.6 Å². The van der Waals surface area contributed by atoms with Crippen molar-refractivity contribution in [3.05, 3.63) is 29.8 Å². The minimum atomic E-state index is -5.07. The van der Waals surface area contributed by atoms with Gasteiger partial charge < -0.3 is 15.4 Å². The van der Waals surface area contributed by atoms with Gasteiger partial charge in [-0.25, -0.2) is 4.79 Å². The number of ether oxygens (including phenoxy) is 1. The van der Waals surface area contributed by atoms with Gasteiger partial charge in [-0.05, 0) is 12.1 Å². The Balaban J connectivity index is 2.68. The van der Waals surface area contributed by atoms with E-state index in [1.165, 1.54) is 29.6 Å². The van der Waals surface area contributed by atoms with Crippen LogP contribution in [-0.4, -0.2) is 37.6 Å². The van der Waals surface area contributed by atoms with E-state index in [0.29, 0.717) is 0 Å². The second-order valence-corrected chi connectivity index (χ2v) is 3.77. The molecule has 0 atom stereocenters. The molecular weight excluding hydrogens is 293 g/mol. The minimum absolute atomic E-state index is 0.0375. The summed E-state index contributed by atoms with van der Waals surface area (Å²) in [6.07, 6.45) is -5.07. The van der Waals surface area contributed by atoms with Crippen LogP contribution in [0, 0.1) is 0 Å². The molecule has 0 bridgehead atoms. The van der Waals surface area contributed by atoms with Gasteiger partial charge in [0.1, 0.15) is 0 Å². The van der Waals surface area contributed by atoms with Crippen molar-refractivity contribution in [1.82, 2.24) is 5.32 Å². The fourth-order valence-electron chi connectivity index (χ4n) is 1.34. The lowest BCUT2D eigenvalue weighted by molar-refractivity contribution is -0.173. The van der Waals surface area contributed by atoms with Crippen LogP contribution in [-0.2, 0) is 14.3 Å². The molecule has 1 rings (SSSR count). The van der Waals surface area contributed by atoms with E-state index < -0.39 is 30.5 Å². The summed E-state index contributed by atoms with van der Waals surface area (Å²) >= 11 is 0. The highest BCUT2D eigenvalue weighted by atomic mass is 19.4. The van der Waals surface area contributed by atoms with Gasteiger partial charge in [0.25, 0.3) is 0 Å². The molecule has 0 saturated heterocycles. The van der Waals surface area contributed by atoms with Crippen LogP contribution in [0.15, 0.2) is 24.3 Å². The van der Waals surface area contributed by atoms with Crippen molar-refractivity contribution in [1.29, 1.82) is 0 Å². The fraction of sp³-hybridized carbons (Fsp3) is 0.250. The maximum absolute atomic E-state index is 11.9. The standard InChI is InChI=1S/C12H11F3N2O4/c1-21-10(19)7-4-2-3-5-8(7)17-9(18)6-16-11(20)12(13,14)15/h2-5H,6H2,1H3,(H,16,20)(H,17,18). The van der Waals surface area contributed by atoms with Crippen molar-refractivity contribution in [2.45, 2.75) is 6.18 Å². The first-order valence-corrected chi connectivity index (χ1v) is 5.58. The predicted molar refractivity (Wildman–Crippen MR) is 65.5 cm³/mol. The van der Waals surface area contributed by atoms with Gasteiger partial charge in [-0.2, -0.15) is 13.2 Å². The molecule has 0 radical (unpaired) electrons. The number of esters is 1. The molecule has 2 amide bonds. The lowest BCUT2D eigenvalue weighted by Crippen LogP contribution is -2.41. The number of halogens is 3. The Labute approximate surface area is 117 Å². The molecule has 1 aromatic rings. The van der Waals surface area contributed by atoms with E-state index in [0.717, 1.165) is 7.11 Å². The Hall–Kier alpha value is -2.58. The summed E-state index contributed by atoms with van der Waals surface area (Å²) in [4.78, 5) is 33.4. The zero-order chi connectivity index (χ0) is 16.0. The molecule has 0 unspecified atom stereocenters. The van der Waals surface area contributed by atoms with Gasteiger partial charge in [0.05, 0.1) is 24.9 Å². The van der Waals surface area contributed by atoms with Crippen LogP contribution < -0.4 is 10.6 Å². The van der Waals surface area contributed by atoms with Crippen LogP contribution in [0.2, 0.25) is 0 Å². The lowest BCUT2D eigenvalue weighted by atomic mass is 10.2. The quantitative estimate of drug-likeness (QED) is 0.816. The number of carbonyl (C=O) groups excluding carboxylic acids is 3. The Bertz CT molecular complexity index is 558. The zero-order valence-electron chi connectivity index (χ0n) is 10.8. The van der Waals surface area contributed by atoms with Gasteiger partial charge in [-0.3, -0.25) is 9.59 Å². The number of anilines is 1. The first-order valence-electron chi connectivity index (χ1n) is 5.58. The van der Waals surface area contributed by atoms with Crippen molar-refractivity contribution in [2.24, 2.45) is 0 Å². The van der Waals surface area contributed by atoms with Crippen LogP contribution in [0.25, 0.3) is 0 Å². The third-order valence-electron chi connectivity index (χ3n) is 2.27. The molecule has 0 aliphatic rings. The van der Waals surface area contributed by atoms with E-state index in [1.54, 1.807) is 0 Å². The van der Waals surface area contributed by atoms with Crippen LogP contribution >= 0.6 is 0 Å². The minimum Gasteiger partial charge on any atom is -0.465 e. The zero-order valence-corrected chi connectivity index (χ0v) is 10.8. The number of carbonyl (C=O) groups is 3. The van der Waals surface area contributed by atoms with Crippen LogP contribution in [0.4, 0.5) is 18.9 Å². The van der Waals surface area contributed by atoms with Gasteiger partial charge >= 0.3 is 18.1 Å². The Morgan fingerprint density at radius 1 is 1.19 bits per heavy atom. The number of amides is 2. The van der Waals surface area contributed by atoms with Crippen molar-refractivity contribution >= 4 is 23.5 Å². The Morgan fingerprint density at radius 3 is 2.38 bits per heavy atom. The van der Waals surface area contributed by atoms with E-state index in [1.807, 2.05) is 0 Å². The third-order valence-corrected chi connectivity index (χ3v) is 2.27. The molecule has 21 heavy (non-hydrogen) atoms. The second kappa shape index (κ2) is 6.73. The Morgan fingerprint density at radius 2 is 1.81 bits per heavy atom. The van der Waals surface area contributed by atoms with E-state index >= 15 is 0 Å². The molecule has 2 N–H and O–H groups in total. The van der Waals surface area contributed by atoms with Crippen LogP contribution in [0.3, 0.4) is 0 Å². The molecule has 0 saturated carbocycles. The number of para-hydroxylation sites is 1. The van der Waals surface area contributed by atoms with Gasteiger partial charge in [-0.1, -0.05) is 12.1 Å². The van der Waals surface area contributed by atoms with Crippen molar-refractivity contribution < 1.29 is 32.3 Å². The molecule has 0 fully saturated rings. The lowest BCUT2D eigenvalue weighted by Gasteiger charge is -2.11. The summed E-state index contributed by atoms with van der Waals surface area (Å²) in [6.45, 7) is -0.881.